The quantitative estimate of drug-likeness (QED) is 0.802. The number of rotatable bonds is 7. The Labute approximate surface area is 111 Å². The predicted molar refractivity (Wildman–Crippen MR) is 76.7 cm³/mol. The van der Waals surface area contributed by atoms with E-state index in [0.29, 0.717) is 6.04 Å². The van der Waals surface area contributed by atoms with Gasteiger partial charge in [0, 0.05) is 25.3 Å². The van der Waals surface area contributed by atoms with Crippen LogP contribution < -0.4 is 5.32 Å². The number of hydrogen-bond acceptors (Lipinski definition) is 3. The first-order valence-electron chi connectivity index (χ1n) is 7.09. The van der Waals surface area contributed by atoms with Crippen LogP contribution in [0.5, 0.6) is 0 Å². The highest BCUT2D eigenvalue weighted by atomic mass is 15.1. The second-order valence-corrected chi connectivity index (χ2v) is 5.47. The van der Waals surface area contributed by atoms with Crippen LogP contribution in [0.2, 0.25) is 0 Å². The molecule has 1 heterocycles. The summed E-state index contributed by atoms with van der Waals surface area (Å²) < 4.78 is 0. The lowest BCUT2D eigenvalue weighted by atomic mass is 10.1. The van der Waals surface area contributed by atoms with Crippen LogP contribution in [0.15, 0.2) is 18.3 Å². The smallest absolute Gasteiger partial charge is 0.125 e. The number of nitrogens with zero attached hydrogens (tertiary/aromatic N) is 2. The monoisotopic (exact) mass is 247 g/mol. The fourth-order valence-electron chi connectivity index (χ4n) is 2.25. The van der Waals surface area contributed by atoms with Crippen molar-refractivity contribution >= 4 is 5.82 Å². The van der Waals surface area contributed by atoms with E-state index in [1.165, 1.54) is 18.4 Å². The molecule has 1 saturated carbocycles. The third kappa shape index (κ3) is 3.70. The second-order valence-electron chi connectivity index (χ2n) is 5.47. The van der Waals surface area contributed by atoms with Crippen LogP contribution in [0.4, 0.5) is 5.82 Å². The summed E-state index contributed by atoms with van der Waals surface area (Å²) in [7, 11) is 2.21. The van der Waals surface area contributed by atoms with Gasteiger partial charge in [-0.05, 0) is 50.8 Å². The highest BCUT2D eigenvalue weighted by Crippen LogP contribution is 2.35. The fourth-order valence-corrected chi connectivity index (χ4v) is 2.25. The molecule has 3 heteroatoms. The fraction of sp³-hybridized carbons (Fsp3) is 0.667. The Hall–Kier alpha value is -1.09. The summed E-state index contributed by atoms with van der Waals surface area (Å²) in [5, 5.41) is 3.30. The molecule has 3 nitrogen and oxygen atoms in total. The van der Waals surface area contributed by atoms with E-state index in [9.17, 15) is 0 Å². The average molecular weight is 247 g/mol. The molecule has 1 aliphatic rings. The third-order valence-electron chi connectivity index (χ3n) is 3.81. The third-order valence-corrected chi connectivity index (χ3v) is 3.81. The Balaban J connectivity index is 1.85. The van der Waals surface area contributed by atoms with Gasteiger partial charge in [-0.25, -0.2) is 4.98 Å². The molecule has 18 heavy (non-hydrogen) atoms. The van der Waals surface area contributed by atoms with Gasteiger partial charge < -0.3 is 5.32 Å². The van der Waals surface area contributed by atoms with Crippen molar-refractivity contribution in [1.29, 1.82) is 0 Å². The molecule has 0 spiro atoms. The van der Waals surface area contributed by atoms with E-state index in [-0.39, 0.29) is 0 Å². The number of nitrogens with one attached hydrogen (secondary N) is 1. The molecular weight excluding hydrogens is 222 g/mol. The molecule has 0 bridgehead atoms. The number of hydrogen-bond donors (Lipinski definition) is 1. The zero-order valence-corrected chi connectivity index (χ0v) is 11.8. The molecule has 1 fully saturated rings. The van der Waals surface area contributed by atoms with Crippen molar-refractivity contribution in [2.24, 2.45) is 5.92 Å². The highest BCUT2D eigenvalue weighted by Gasteiger charge is 2.30. The van der Waals surface area contributed by atoms with Crippen LogP contribution in [0, 0.1) is 5.92 Å². The normalized spacial score (nSPS) is 16.9. The molecule has 1 N–H and O–H groups in total. The summed E-state index contributed by atoms with van der Waals surface area (Å²) in [6, 6.07) is 4.96. The van der Waals surface area contributed by atoms with Crippen LogP contribution in [-0.4, -0.2) is 29.5 Å². The lowest BCUT2D eigenvalue weighted by Gasteiger charge is -2.24. The van der Waals surface area contributed by atoms with Crippen molar-refractivity contribution < 1.29 is 0 Å². The van der Waals surface area contributed by atoms with Crippen molar-refractivity contribution in [1.82, 2.24) is 9.88 Å². The van der Waals surface area contributed by atoms with Crippen LogP contribution in [0.25, 0.3) is 0 Å². The van der Waals surface area contributed by atoms with Gasteiger partial charge in [-0.2, -0.15) is 0 Å². The summed E-state index contributed by atoms with van der Waals surface area (Å²) in [4.78, 5) is 6.89. The van der Waals surface area contributed by atoms with Crippen molar-refractivity contribution in [3.63, 3.8) is 0 Å². The molecule has 2 rings (SSSR count). The van der Waals surface area contributed by atoms with Crippen molar-refractivity contribution in [2.45, 2.75) is 45.7 Å². The molecular formula is C15H25N3. The summed E-state index contributed by atoms with van der Waals surface area (Å²) in [6.07, 6.45) is 5.94. The van der Waals surface area contributed by atoms with Gasteiger partial charge in [0.25, 0.3) is 0 Å². The SMILES string of the molecule is CCCNc1ccc(CN(C)C(C)C2CC2)cn1. The largest absolute Gasteiger partial charge is 0.370 e. The minimum absolute atomic E-state index is 0.697. The molecule has 0 saturated heterocycles. The van der Waals surface area contributed by atoms with E-state index in [1.807, 2.05) is 6.20 Å². The molecule has 1 aromatic heterocycles. The van der Waals surface area contributed by atoms with E-state index >= 15 is 0 Å². The summed E-state index contributed by atoms with van der Waals surface area (Å²) in [5.41, 5.74) is 1.30. The van der Waals surface area contributed by atoms with E-state index < -0.39 is 0 Å². The van der Waals surface area contributed by atoms with E-state index in [4.69, 9.17) is 0 Å². The van der Waals surface area contributed by atoms with E-state index in [2.05, 4.69) is 48.2 Å². The summed E-state index contributed by atoms with van der Waals surface area (Å²) >= 11 is 0. The van der Waals surface area contributed by atoms with Crippen LogP contribution in [0.1, 0.15) is 38.7 Å². The molecule has 0 aliphatic heterocycles. The molecule has 1 atom stereocenters. The van der Waals surface area contributed by atoms with E-state index in [1.54, 1.807) is 0 Å². The van der Waals surface area contributed by atoms with E-state index in [0.717, 1.165) is 31.2 Å². The van der Waals surface area contributed by atoms with Crippen LogP contribution in [-0.2, 0) is 6.54 Å². The van der Waals surface area contributed by atoms with Gasteiger partial charge in [-0.15, -0.1) is 0 Å². The maximum atomic E-state index is 4.45. The zero-order chi connectivity index (χ0) is 13.0. The van der Waals surface area contributed by atoms with Gasteiger partial charge in [0.05, 0.1) is 0 Å². The summed E-state index contributed by atoms with van der Waals surface area (Å²) in [6.45, 7) is 6.49. The van der Waals surface area contributed by atoms with Crippen molar-refractivity contribution in [3.8, 4) is 0 Å². The minimum Gasteiger partial charge on any atom is -0.370 e. The van der Waals surface area contributed by atoms with Gasteiger partial charge in [0.15, 0.2) is 0 Å². The van der Waals surface area contributed by atoms with Gasteiger partial charge in [-0.3, -0.25) is 4.90 Å². The van der Waals surface area contributed by atoms with Crippen molar-refractivity contribution in [2.75, 3.05) is 18.9 Å². The number of pyridine rings is 1. The van der Waals surface area contributed by atoms with Crippen molar-refractivity contribution in [3.05, 3.63) is 23.9 Å². The molecule has 1 aliphatic carbocycles. The lowest BCUT2D eigenvalue weighted by Crippen LogP contribution is -2.30. The van der Waals surface area contributed by atoms with Crippen LogP contribution >= 0.6 is 0 Å². The Kier molecular flexibility index (Phi) is 4.59. The molecule has 100 valence electrons. The Bertz CT molecular complexity index is 357. The topological polar surface area (TPSA) is 28.2 Å². The maximum absolute atomic E-state index is 4.45. The van der Waals surface area contributed by atoms with Crippen LogP contribution in [0.3, 0.4) is 0 Å². The molecule has 1 unspecified atom stereocenters. The first kappa shape index (κ1) is 13.3. The number of aromatic nitrogens is 1. The highest BCUT2D eigenvalue weighted by molar-refractivity contribution is 5.35. The molecule has 0 amide bonds. The second kappa shape index (κ2) is 6.19. The maximum Gasteiger partial charge on any atom is 0.125 e. The standard InChI is InChI=1S/C15H25N3/c1-4-9-16-15-8-5-13(10-17-15)11-18(3)12(2)14-6-7-14/h5,8,10,12,14H,4,6-7,9,11H2,1-3H3,(H,16,17). The lowest BCUT2D eigenvalue weighted by molar-refractivity contribution is 0.226. The average Bonchev–Trinajstić information content (AvgIpc) is 3.21. The Morgan fingerprint density at radius 2 is 2.22 bits per heavy atom. The minimum atomic E-state index is 0.697. The molecule has 1 aromatic rings. The van der Waals surface area contributed by atoms with Gasteiger partial charge in [0.1, 0.15) is 5.82 Å². The molecule has 0 radical (unpaired) electrons. The molecule has 0 aromatic carbocycles. The summed E-state index contributed by atoms with van der Waals surface area (Å²) in [5.74, 6) is 1.91. The first-order chi connectivity index (χ1) is 8.70. The Morgan fingerprint density at radius 1 is 1.44 bits per heavy atom. The van der Waals surface area contributed by atoms with Gasteiger partial charge >= 0.3 is 0 Å². The van der Waals surface area contributed by atoms with Gasteiger partial charge in [0.2, 0.25) is 0 Å². The van der Waals surface area contributed by atoms with Gasteiger partial charge in [-0.1, -0.05) is 13.0 Å². The predicted octanol–water partition coefficient (Wildman–Crippen LogP) is 3.13. The zero-order valence-electron chi connectivity index (χ0n) is 11.8. The Morgan fingerprint density at radius 3 is 2.78 bits per heavy atom. The number of anilines is 1. The first-order valence-corrected chi connectivity index (χ1v) is 7.09.